The van der Waals surface area contributed by atoms with E-state index in [1.54, 1.807) is 13.0 Å². The van der Waals surface area contributed by atoms with Crippen molar-refractivity contribution >= 4 is 10.0 Å². The van der Waals surface area contributed by atoms with Crippen LogP contribution >= 0.6 is 0 Å². The second kappa shape index (κ2) is 5.22. The molecule has 0 aliphatic carbocycles. The van der Waals surface area contributed by atoms with Gasteiger partial charge in [0.1, 0.15) is 6.26 Å². The molecule has 0 saturated heterocycles. The smallest absolute Gasteiger partial charge is 0.240 e. The summed E-state index contributed by atoms with van der Waals surface area (Å²) in [4.78, 5) is 0.118. The number of aryl methyl sites for hydroxylation is 1. The number of nitriles is 1. The highest BCUT2D eigenvalue weighted by molar-refractivity contribution is 7.89. The van der Waals surface area contributed by atoms with Crippen LogP contribution in [0, 0.1) is 18.3 Å². The topological polar surface area (TPSA) is 96.0 Å². The van der Waals surface area contributed by atoms with Crippen LogP contribution in [-0.4, -0.2) is 13.6 Å². The number of sulfonamides is 1. The predicted octanol–water partition coefficient (Wildman–Crippen LogP) is 1.33. The maximum Gasteiger partial charge on any atom is 0.240 e. The van der Waals surface area contributed by atoms with Crippen LogP contribution in [0.5, 0.6) is 0 Å². The van der Waals surface area contributed by atoms with Crippen molar-refractivity contribution in [3.05, 3.63) is 47.3 Å². The van der Waals surface area contributed by atoms with Gasteiger partial charge in [-0.1, -0.05) is 5.16 Å². The molecule has 0 aliphatic rings. The summed E-state index contributed by atoms with van der Waals surface area (Å²) in [6, 6.07) is 7.91. The van der Waals surface area contributed by atoms with E-state index in [-0.39, 0.29) is 11.4 Å². The van der Waals surface area contributed by atoms with Gasteiger partial charge in [0.25, 0.3) is 0 Å². The Bertz CT molecular complexity index is 715. The van der Waals surface area contributed by atoms with Gasteiger partial charge < -0.3 is 4.52 Å². The van der Waals surface area contributed by atoms with Crippen LogP contribution in [0.4, 0.5) is 0 Å². The molecular formula is C12H11N3O3S. The Balaban J connectivity index is 2.20. The van der Waals surface area contributed by atoms with Gasteiger partial charge in [0.15, 0.2) is 0 Å². The highest BCUT2D eigenvalue weighted by Crippen LogP contribution is 2.15. The van der Waals surface area contributed by atoms with E-state index in [9.17, 15) is 8.42 Å². The molecule has 1 aromatic heterocycles. The molecule has 0 unspecified atom stereocenters. The highest BCUT2D eigenvalue weighted by Gasteiger charge is 2.15. The van der Waals surface area contributed by atoms with E-state index >= 15 is 0 Å². The lowest BCUT2D eigenvalue weighted by Crippen LogP contribution is -2.23. The van der Waals surface area contributed by atoms with Crippen molar-refractivity contribution in [2.75, 3.05) is 0 Å². The van der Waals surface area contributed by atoms with Crippen LogP contribution < -0.4 is 4.72 Å². The van der Waals surface area contributed by atoms with Crippen LogP contribution in [0.1, 0.15) is 16.8 Å². The van der Waals surface area contributed by atoms with E-state index in [1.165, 1.54) is 24.5 Å². The van der Waals surface area contributed by atoms with Gasteiger partial charge in [0.05, 0.1) is 28.8 Å². The summed E-state index contributed by atoms with van der Waals surface area (Å²) in [5.74, 6) is 0. The summed E-state index contributed by atoms with van der Waals surface area (Å²) >= 11 is 0. The summed E-state index contributed by atoms with van der Waals surface area (Å²) in [5.41, 5.74) is 1.57. The third-order valence-corrected chi connectivity index (χ3v) is 3.96. The average molecular weight is 277 g/mol. The van der Waals surface area contributed by atoms with Crippen molar-refractivity contribution in [1.29, 1.82) is 5.26 Å². The summed E-state index contributed by atoms with van der Waals surface area (Å²) in [5, 5.41) is 12.4. The Kier molecular flexibility index (Phi) is 3.64. The standard InChI is InChI=1S/C12H11N3O3S/c1-9-6-12(3-2-10(9)7-13)19(16,17)14-8-11-4-5-18-15-11/h2-6,14H,8H2,1H3. The lowest BCUT2D eigenvalue weighted by Gasteiger charge is -2.06. The van der Waals surface area contributed by atoms with E-state index in [2.05, 4.69) is 14.4 Å². The zero-order valence-corrected chi connectivity index (χ0v) is 10.9. The lowest BCUT2D eigenvalue weighted by molar-refractivity contribution is 0.411. The molecule has 1 heterocycles. The lowest BCUT2D eigenvalue weighted by atomic mass is 10.1. The molecule has 0 radical (unpaired) electrons. The Morgan fingerprint density at radius 1 is 1.42 bits per heavy atom. The molecule has 0 spiro atoms. The number of hydrogen-bond acceptors (Lipinski definition) is 5. The number of nitrogens with one attached hydrogen (secondary N) is 1. The molecule has 7 heteroatoms. The average Bonchev–Trinajstić information content (AvgIpc) is 2.89. The van der Waals surface area contributed by atoms with E-state index in [0.717, 1.165) is 0 Å². The molecule has 0 bridgehead atoms. The Morgan fingerprint density at radius 3 is 2.79 bits per heavy atom. The zero-order valence-electron chi connectivity index (χ0n) is 10.1. The first kappa shape index (κ1) is 13.3. The fourth-order valence-corrected chi connectivity index (χ4v) is 2.59. The van der Waals surface area contributed by atoms with Gasteiger partial charge in [-0.3, -0.25) is 0 Å². The maximum absolute atomic E-state index is 12.0. The molecule has 0 atom stereocenters. The quantitative estimate of drug-likeness (QED) is 0.909. The SMILES string of the molecule is Cc1cc(S(=O)(=O)NCc2ccon2)ccc1C#N. The number of rotatable bonds is 4. The maximum atomic E-state index is 12.0. The van der Waals surface area contributed by atoms with Crippen molar-refractivity contribution in [2.45, 2.75) is 18.4 Å². The second-order valence-electron chi connectivity index (χ2n) is 3.90. The minimum Gasteiger partial charge on any atom is -0.364 e. The van der Waals surface area contributed by atoms with Gasteiger partial charge in [-0.25, -0.2) is 13.1 Å². The minimum absolute atomic E-state index is 0.0535. The van der Waals surface area contributed by atoms with Gasteiger partial charge >= 0.3 is 0 Å². The number of hydrogen-bond donors (Lipinski definition) is 1. The molecule has 0 saturated carbocycles. The normalized spacial score (nSPS) is 11.2. The third kappa shape index (κ3) is 2.99. The molecule has 6 nitrogen and oxygen atoms in total. The second-order valence-corrected chi connectivity index (χ2v) is 5.67. The molecule has 2 aromatic rings. The fourth-order valence-electron chi connectivity index (χ4n) is 1.51. The van der Waals surface area contributed by atoms with Crippen LogP contribution in [0.3, 0.4) is 0 Å². The fraction of sp³-hybridized carbons (Fsp3) is 0.167. The largest absolute Gasteiger partial charge is 0.364 e. The van der Waals surface area contributed by atoms with E-state index in [0.29, 0.717) is 16.8 Å². The number of nitrogens with zero attached hydrogens (tertiary/aromatic N) is 2. The predicted molar refractivity (Wildman–Crippen MR) is 66.4 cm³/mol. The zero-order chi connectivity index (χ0) is 13.9. The molecule has 0 aliphatic heterocycles. The Hall–Kier alpha value is -2.17. The van der Waals surface area contributed by atoms with Gasteiger partial charge in [0.2, 0.25) is 10.0 Å². The summed E-state index contributed by atoms with van der Waals surface area (Å²) in [7, 11) is -3.62. The Morgan fingerprint density at radius 2 is 2.21 bits per heavy atom. The molecule has 0 fully saturated rings. The molecule has 1 aromatic carbocycles. The van der Waals surface area contributed by atoms with Gasteiger partial charge in [0, 0.05) is 6.07 Å². The van der Waals surface area contributed by atoms with Gasteiger partial charge in [-0.05, 0) is 30.7 Å². The first-order chi connectivity index (χ1) is 9.03. The summed E-state index contributed by atoms with van der Waals surface area (Å²) in [6.45, 7) is 1.74. The first-order valence-corrected chi connectivity index (χ1v) is 6.91. The first-order valence-electron chi connectivity index (χ1n) is 5.42. The molecule has 19 heavy (non-hydrogen) atoms. The third-order valence-electron chi connectivity index (χ3n) is 2.56. The summed E-state index contributed by atoms with van der Waals surface area (Å²) < 4.78 is 31.1. The van der Waals surface area contributed by atoms with Crippen molar-refractivity contribution < 1.29 is 12.9 Å². The van der Waals surface area contributed by atoms with Crippen LogP contribution in [0.15, 0.2) is 39.9 Å². The molecule has 1 N–H and O–H groups in total. The summed E-state index contributed by atoms with van der Waals surface area (Å²) in [6.07, 6.45) is 1.37. The van der Waals surface area contributed by atoms with Crippen molar-refractivity contribution in [2.24, 2.45) is 0 Å². The van der Waals surface area contributed by atoms with Crippen LogP contribution in [-0.2, 0) is 16.6 Å². The molecular weight excluding hydrogens is 266 g/mol. The van der Waals surface area contributed by atoms with Crippen molar-refractivity contribution in [3.63, 3.8) is 0 Å². The van der Waals surface area contributed by atoms with Crippen molar-refractivity contribution in [1.82, 2.24) is 9.88 Å². The molecule has 2 rings (SSSR count). The van der Waals surface area contributed by atoms with E-state index in [4.69, 9.17) is 5.26 Å². The van der Waals surface area contributed by atoms with Crippen LogP contribution in [0.25, 0.3) is 0 Å². The Labute approximate surface area is 110 Å². The van der Waals surface area contributed by atoms with Gasteiger partial charge in [-0.15, -0.1) is 0 Å². The molecule has 98 valence electrons. The number of aromatic nitrogens is 1. The molecule has 0 amide bonds. The van der Waals surface area contributed by atoms with Crippen molar-refractivity contribution in [3.8, 4) is 6.07 Å². The minimum atomic E-state index is -3.62. The number of benzene rings is 1. The monoisotopic (exact) mass is 277 g/mol. The van der Waals surface area contributed by atoms with Crippen LogP contribution in [0.2, 0.25) is 0 Å². The highest BCUT2D eigenvalue weighted by atomic mass is 32.2. The van der Waals surface area contributed by atoms with E-state index in [1.807, 2.05) is 6.07 Å². The van der Waals surface area contributed by atoms with Gasteiger partial charge in [-0.2, -0.15) is 5.26 Å². The van der Waals surface area contributed by atoms with E-state index < -0.39 is 10.0 Å².